The van der Waals surface area contributed by atoms with Crippen LogP contribution in [0.3, 0.4) is 0 Å². The largest absolute Gasteiger partial charge is 0.491 e. The summed E-state index contributed by atoms with van der Waals surface area (Å²) in [6, 6.07) is 8.25. The molecular weight excluding hydrogens is 241 g/mol. The molecule has 0 radical (unpaired) electrons. The first-order valence-electron chi connectivity index (χ1n) is 7.15. The maximum absolute atomic E-state index is 12.0. The summed E-state index contributed by atoms with van der Waals surface area (Å²) in [6.07, 6.45) is 4.54. The minimum absolute atomic E-state index is 0.133. The number of halogens is 1. The third-order valence-corrected chi connectivity index (χ3v) is 3.31. The summed E-state index contributed by atoms with van der Waals surface area (Å²) in [7, 11) is 0. The quantitative estimate of drug-likeness (QED) is 0.740. The Balaban J connectivity index is 2.29. The first kappa shape index (κ1) is 16.0. The molecule has 0 bridgehead atoms. The third kappa shape index (κ3) is 7.16. The predicted octanol–water partition coefficient (Wildman–Crippen LogP) is 3.73. The fraction of sp³-hybridized carbons (Fsp3) is 0.625. The normalized spacial score (nSPS) is 14.1. The van der Waals surface area contributed by atoms with Crippen LogP contribution in [0, 0.1) is 5.92 Å². The topological polar surface area (TPSA) is 35.2 Å². The highest BCUT2D eigenvalue weighted by Crippen LogP contribution is 2.17. The smallest absolute Gasteiger partial charge is 0.123 e. The van der Waals surface area contributed by atoms with Crippen LogP contribution in [0.5, 0.6) is 5.75 Å². The highest BCUT2D eigenvalue weighted by atomic mass is 19.1. The van der Waals surface area contributed by atoms with E-state index in [1.54, 1.807) is 0 Å². The summed E-state index contributed by atoms with van der Waals surface area (Å²) >= 11 is 0. The van der Waals surface area contributed by atoms with Crippen LogP contribution in [0.2, 0.25) is 0 Å². The molecule has 1 aromatic rings. The van der Waals surface area contributed by atoms with Crippen molar-refractivity contribution in [2.45, 2.75) is 45.6 Å². The Hall–Kier alpha value is -1.09. The average molecular weight is 267 g/mol. The Kier molecular flexibility index (Phi) is 7.49. The number of benzene rings is 1. The van der Waals surface area contributed by atoms with Crippen LogP contribution in [0.25, 0.3) is 0 Å². The lowest BCUT2D eigenvalue weighted by Crippen LogP contribution is -2.15. The van der Waals surface area contributed by atoms with Crippen molar-refractivity contribution in [3.05, 3.63) is 29.8 Å². The maximum atomic E-state index is 12.0. The van der Waals surface area contributed by atoms with E-state index in [1.807, 2.05) is 12.1 Å². The summed E-state index contributed by atoms with van der Waals surface area (Å²) in [5.74, 6) is 1.44. The van der Waals surface area contributed by atoms with E-state index in [9.17, 15) is 4.39 Å². The van der Waals surface area contributed by atoms with Crippen LogP contribution >= 0.6 is 0 Å². The van der Waals surface area contributed by atoms with E-state index in [0.717, 1.165) is 18.6 Å². The third-order valence-electron chi connectivity index (χ3n) is 3.31. The molecule has 19 heavy (non-hydrogen) atoms. The number of hydrogen-bond donors (Lipinski definition) is 1. The summed E-state index contributed by atoms with van der Waals surface area (Å²) in [4.78, 5) is 0. The van der Waals surface area contributed by atoms with Gasteiger partial charge in [-0.1, -0.05) is 19.1 Å². The summed E-state index contributed by atoms with van der Waals surface area (Å²) in [5, 5.41) is 0. The van der Waals surface area contributed by atoms with Gasteiger partial charge in [0.2, 0.25) is 0 Å². The minimum Gasteiger partial charge on any atom is -0.491 e. The van der Waals surface area contributed by atoms with Gasteiger partial charge in [-0.2, -0.15) is 0 Å². The van der Waals surface area contributed by atoms with Crippen LogP contribution in [0.4, 0.5) is 4.39 Å². The molecule has 2 atom stereocenters. The molecule has 0 aliphatic rings. The summed E-state index contributed by atoms with van der Waals surface area (Å²) < 4.78 is 17.2. The van der Waals surface area contributed by atoms with Crippen LogP contribution < -0.4 is 10.5 Å². The lowest BCUT2D eigenvalue weighted by atomic mass is 9.95. The zero-order valence-corrected chi connectivity index (χ0v) is 12.1. The van der Waals surface area contributed by atoms with Gasteiger partial charge in [0.1, 0.15) is 19.0 Å². The van der Waals surface area contributed by atoms with Gasteiger partial charge in [0.05, 0.1) is 0 Å². The Morgan fingerprint density at radius 3 is 2.37 bits per heavy atom. The van der Waals surface area contributed by atoms with Gasteiger partial charge < -0.3 is 10.5 Å². The first-order valence-corrected chi connectivity index (χ1v) is 7.15. The minimum atomic E-state index is -0.446. The van der Waals surface area contributed by atoms with E-state index in [4.69, 9.17) is 10.5 Å². The zero-order valence-electron chi connectivity index (χ0n) is 12.1. The molecule has 0 saturated carbocycles. The number of nitrogens with two attached hydrogens (primary N) is 1. The van der Waals surface area contributed by atoms with E-state index in [-0.39, 0.29) is 6.61 Å². The zero-order chi connectivity index (χ0) is 14.1. The molecule has 3 heteroatoms. The number of aryl methyl sites for hydroxylation is 1. The fourth-order valence-electron chi connectivity index (χ4n) is 2.01. The Morgan fingerprint density at radius 1 is 1.11 bits per heavy atom. The average Bonchev–Trinajstić information content (AvgIpc) is 2.41. The van der Waals surface area contributed by atoms with Gasteiger partial charge in [-0.3, -0.25) is 0 Å². The molecule has 108 valence electrons. The van der Waals surface area contributed by atoms with Crippen LogP contribution in [-0.2, 0) is 6.42 Å². The highest BCUT2D eigenvalue weighted by Gasteiger charge is 2.05. The van der Waals surface area contributed by atoms with Crippen LogP contribution in [-0.4, -0.2) is 19.3 Å². The molecule has 0 fully saturated rings. The number of hydrogen-bond acceptors (Lipinski definition) is 2. The molecule has 0 amide bonds. The van der Waals surface area contributed by atoms with E-state index in [1.165, 1.54) is 18.4 Å². The fourth-order valence-corrected chi connectivity index (χ4v) is 2.01. The van der Waals surface area contributed by atoms with E-state index in [2.05, 4.69) is 26.0 Å². The Bertz CT molecular complexity index is 337. The van der Waals surface area contributed by atoms with Crippen LogP contribution in [0.15, 0.2) is 24.3 Å². The molecule has 1 aromatic carbocycles. The molecule has 0 aliphatic carbocycles. The monoisotopic (exact) mass is 267 g/mol. The first-order chi connectivity index (χ1) is 9.11. The van der Waals surface area contributed by atoms with Crippen molar-refractivity contribution in [1.29, 1.82) is 0 Å². The maximum Gasteiger partial charge on any atom is 0.123 e. The molecule has 0 spiro atoms. The van der Waals surface area contributed by atoms with E-state index in [0.29, 0.717) is 12.0 Å². The predicted molar refractivity (Wildman–Crippen MR) is 78.3 cm³/mol. The van der Waals surface area contributed by atoms with Crippen molar-refractivity contribution < 1.29 is 9.13 Å². The second-order valence-corrected chi connectivity index (χ2v) is 5.38. The second-order valence-electron chi connectivity index (χ2n) is 5.38. The van der Waals surface area contributed by atoms with Crippen molar-refractivity contribution in [2.75, 3.05) is 13.3 Å². The standard InChI is InChI=1S/C16H26FNO/c1-13(3-5-14(2)18)4-6-15-7-9-16(10-8-15)19-12-11-17/h7-10,13-14H,3-6,11-12,18H2,1-2H3/t13-,14-/m0/s1. The summed E-state index contributed by atoms with van der Waals surface area (Å²) in [5.41, 5.74) is 7.07. The number of ether oxygens (including phenoxy) is 1. The molecular formula is C16H26FNO. The summed E-state index contributed by atoms with van der Waals surface area (Å²) in [6.45, 7) is 4.02. The van der Waals surface area contributed by atoms with Gasteiger partial charge in [0.15, 0.2) is 0 Å². The Labute approximate surface area is 116 Å². The van der Waals surface area contributed by atoms with Crippen molar-refractivity contribution in [3.63, 3.8) is 0 Å². The van der Waals surface area contributed by atoms with Gasteiger partial charge in [0, 0.05) is 6.04 Å². The second kappa shape index (κ2) is 8.92. The lowest BCUT2D eigenvalue weighted by molar-refractivity contribution is 0.273. The van der Waals surface area contributed by atoms with E-state index >= 15 is 0 Å². The van der Waals surface area contributed by atoms with Crippen molar-refractivity contribution in [1.82, 2.24) is 0 Å². The SMILES string of the molecule is C[C@H](CCc1ccc(OCCF)cc1)CC[C@H](C)N. The Morgan fingerprint density at radius 2 is 1.79 bits per heavy atom. The molecule has 0 unspecified atom stereocenters. The lowest BCUT2D eigenvalue weighted by Gasteiger charge is -2.13. The molecule has 0 heterocycles. The van der Waals surface area contributed by atoms with Gasteiger partial charge in [-0.15, -0.1) is 0 Å². The molecule has 0 aliphatic heterocycles. The van der Waals surface area contributed by atoms with Gasteiger partial charge in [0.25, 0.3) is 0 Å². The molecule has 2 N–H and O–H groups in total. The molecule has 2 nitrogen and oxygen atoms in total. The number of rotatable bonds is 9. The van der Waals surface area contributed by atoms with Gasteiger partial charge >= 0.3 is 0 Å². The van der Waals surface area contributed by atoms with Crippen molar-refractivity contribution in [2.24, 2.45) is 11.7 Å². The number of alkyl halides is 1. The highest BCUT2D eigenvalue weighted by molar-refractivity contribution is 5.27. The van der Waals surface area contributed by atoms with Crippen molar-refractivity contribution >= 4 is 0 Å². The van der Waals surface area contributed by atoms with E-state index < -0.39 is 6.67 Å². The molecule has 0 aromatic heterocycles. The molecule has 1 rings (SSSR count). The molecule has 0 saturated heterocycles. The van der Waals surface area contributed by atoms with Crippen molar-refractivity contribution in [3.8, 4) is 5.75 Å². The van der Waals surface area contributed by atoms with Gasteiger partial charge in [-0.25, -0.2) is 4.39 Å². The van der Waals surface area contributed by atoms with Gasteiger partial charge in [-0.05, 0) is 56.2 Å². The van der Waals surface area contributed by atoms with Crippen LogP contribution in [0.1, 0.15) is 38.7 Å².